The quantitative estimate of drug-likeness (QED) is 0.210. The monoisotopic (exact) mass is 597 g/mol. The predicted octanol–water partition coefficient (Wildman–Crippen LogP) is 8.00. The van der Waals surface area contributed by atoms with Gasteiger partial charge in [0.05, 0.1) is 16.6 Å². The Bertz CT molecular complexity index is 1780. The van der Waals surface area contributed by atoms with Crippen LogP contribution in [0, 0.1) is 24.7 Å². The van der Waals surface area contributed by atoms with E-state index in [-0.39, 0.29) is 16.8 Å². The number of hydrogen-bond acceptors (Lipinski definition) is 4. The van der Waals surface area contributed by atoms with E-state index in [1.165, 1.54) is 42.5 Å². The topological polar surface area (TPSA) is 87.3 Å². The lowest BCUT2D eigenvalue weighted by atomic mass is 9.68. The van der Waals surface area contributed by atoms with Gasteiger partial charge in [-0.3, -0.25) is 9.52 Å². The summed E-state index contributed by atoms with van der Waals surface area (Å²) in [7, 11) is -3.83. The molecule has 0 unspecified atom stereocenters. The predicted molar refractivity (Wildman–Crippen MR) is 168 cm³/mol. The Balaban J connectivity index is 1.10. The van der Waals surface area contributed by atoms with Gasteiger partial charge in [-0.1, -0.05) is 48.0 Å². The minimum atomic E-state index is -3.83. The summed E-state index contributed by atoms with van der Waals surface area (Å²) < 4.78 is 28.5. The Morgan fingerprint density at radius 1 is 0.905 bits per heavy atom. The SMILES string of the molecule is Cc1ccc(Cl)cc1NS(=O)(=O)c1ccc(NC(=O)c2ccc3c(c2)[C@@H]2[C@H]4CC[C@@H](C4)[C@H]2[C@@H](c2ccccc2)N3)cc1. The molecule has 1 amide bonds. The van der Waals surface area contributed by atoms with Crippen LogP contribution >= 0.6 is 11.6 Å². The van der Waals surface area contributed by atoms with E-state index in [1.807, 2.05) is 19.1 Å². The number of nitrogens with one attached hydrogen (secondary N) is 3. The molecule has 8 heteroatoms. The Kier molecular flexibility index (Phi) is 6.75. The van der Waals surface area contributed by atoms with Crippen LogP contribution in [0.1, 0.15) is 58.3 Å². The molecule has 42 heavy (non-hydrogen) atoms. The molecule has 2 aliphatic carbocycles. The molecule has 2 bridgehead atoms. The molecule has 4 aromatic rings. The second kappa shape index (κ2) is 10.5. The molecule has 3 aliphatic rings. The highest BCUT2D eigenvalue weighted by molar-refractivity contribution is 7.92. The van der Waals surface area contributed by atoms with Crippen LogP contribution in [0.2, 0.25) is 5.02 Å². The molecule has 3 N–H and O–H groups in total. The summed E-state index contributed by atoms with van der Waals surface area (Å²) in [6.45, 7) is 1.81. The van der Waals surface area contributed by atoms with Crippen molar-refractivity contribution >= 4 is 44.6 Å². The lowest BCUT2D eigenvalue weighted by Crippen LogP contribution is -2.35. The van der Waals surface area contributed by atoms with Crippen molar-refractivity contribution in [3.8, 4) is 0 Å². The van der Waals surface area contributed by atoms with Crippen molar-refractivity contribution < 1.29 is 13.2 Å². The molecule has 6 nitrogen and oxygen atoms in total. The van der Waals surface area contributed by atoms with E-state index in [4.69, 9.17) is 11.6 Å². The highest BCUT2D eigenvalue weighted by Gasteiger charge is 2.53. The molecule has 1 heterocycles. The maximum absolute atomic E-state index is 13.4. The van der Waals surface area contributed by atoms with Gasteiger partial charge in [0, 0.05) is 22.0 Å². The zero-order valence-corrected chi connectivity index (χ0v) is 24.8. The number of aryl methyl sites for hydroxylation is 1. The number of sulfonamides is 1. The molecule has 0 radical (unpaired) electrons. The smallest absolute Gasteiger partial charge is 0.261 e. The number of fused-ring (bicyclic) bond motifs is 7. The van der Waals surface area contributed by atoms with E-state index >= 15 is 0 Å². The third-order valence-corrected chi connectivity index (χ3v) is 11.0. The third-order valence-electron chi connectivity index (χ3n) is 9.37. The fraction of sp³-hybridized carbons (Fsp3) is 0.265. The van der Waals surface area contributed by atoms with Crippen molar-refractivity contribution in [1.82, 2.24) is 0 Å². The van der Waals surface area contributed by atoms with Crippen molar-refractivity contribution in [1.29, 1.82) is 0 Å². The molecule has 7 rings (SSSR count). The number of halogens is 1. The second-order valence-corrected chi connectivity index (χ2v) is 13.9. The minimum Gasteiger partial charge on any atom is -0.378 e. The fourth-order valence-electron chi connectivity index (χ4n) is 7.45. The molecule has 2 fully saturated rings. The Labute approximate surface area is 251 Å². The van der Waals surface area contributed by atoms with Crippen LogP contribution in [0.15, 0.2) is 95.9 Å². The van der Waals surface area contributed by atoms with Crippen molar-refractivity contribution in [2.45, 2.75) is 43.0 Å². The van der Waals surface area contributed by atoms with Gasteiger partial charge in [-0.15, -0.1) is 0 Å². The maximum atomic E-state index is 13.4. The maximum Gasteiger partial charge on any atom is 0.261 e. The Morgan fingerprint density at radius 3 is 2.45 bits per heavy atom. The molecular weight excluding hydrogens is 566 g/mol. The summed E-state index contributed by atoms with van der Waals surface area (Å²) in [6, 6.07) is 28.2. The fourth-order valence-corrected chi connectivity index (χ4v) is 8.74. The van der Waals surface area contributed by atoms with Gasteiger partial charge < -0.3 is 10.6 Å². The van der Waals surface area contributed by atoms with Crippen LogP contribution in [-0.4, -0.2) is 14.3 Å². The molecule has 1 aliphatic heterocycles. The van der Waals surface area contributed by atoms with Gasteiger partial charge in [-0.25, -0.2) is 8.42 Å². The summed E-state index contributed by atoms with van der Waals surface area (Å²) in [6.07, 6.45) is 3.80. The molecular formula is C34H32ClN3O3S. The largest absolute Gasteiger partial charge is 0.378 e. The molecule has 4 aromatic carbocycles. The van der Waals surface area contributed by atoms with E-state index < -0.39 is 10.0 Å². The first kappa shape index (κ1) is 27.0. The zero-order valence-electron chi connectivity index (χ0n) is 23.2. The van der Waals surface area contributed by atoms with Crippen LogP contribution < -0.4 is 15.4 Å². The first-order chi connectivity index (χ1) is 20.3. The van der Waals surface area contributed by atoms with E-state index in [2.05, 4.69) is 51.8 Å². The highest BCUT2D eigenvalue weighted by atomic mass is 35.5. The average Bonchev–Trinajstić information content (AvgIpc) is 3.62. The van der Waals surface area contributed by atoms with Crippen LogP contribution in [0.3, 0.4) is 0 Å². The number of amides is 1. The molecule has 214 valence electrons. The van der Waals surface area contributed by atoms with Gasteiger partial charge in [-0.2, -0.15) is 0 Å². The Morgan fingerprint density at radius 2 is 1.67 bits per heavy atom. The summed E-state index contributed by atoms with van der Waals surface area (Å²) in [5, 5.41) is 7.22. The average molecular weight is 598 g/mol. The normalized spacial score (nSPS) is 23.9. The van der Waals surface area contributed by atoms with E-state index in [0.29, 0.717) is 45.6 Å². The van der Waals surface area contributed by atoms with Gasteiger partial charge in [-0.05, 0) is 121 Å². The van der Waals surface area contributed by atoms with Gasteiger partial charge >= 0.3 is 0 Å². The lowest BCUT2D eigenvalue weighted by molar-refractivity contribution is 0.102. The minimum absolute atomic E-state index is 0.0926. The van der Waals surface area contributed by atoms with Crippen molar-refractivity contribution in [2.24, 2.45) is 17.8 Å². The van der Waals surface area contributed by atoms with E-state index in [9.17, 15) is 13.2 Å². The van der Waals surface area contributed by atoms with Crippen LogP contribution in [-0.2, 0) is 10.0 Å². The first-order valence-electron chi connectivity index (χ1n) is 14.4. The molecule has 0 aromatic heterocycles. The van der Waals surface area contributed by atoms with E-state index in [0.717, 1.165) is 11.3 Å². The first-order valence-corrected chi connectivity index (χ1v) is 16.3. The van der Waals surface area contributed by atoms with Crippen molar-refractivity contribution in [2.75, 3.05) is 15.4 Å². The number of carbonyl (C=O) groups excluding carboxylic acids is 1. The summed E-state index contributed by atoms with van der Waals surface area (Å²) in [4.78, 5) is 13.4. The lowest BCUT2D eigenvalue weighted by Gasteiger charge is -2.43. The summed E-state index contributed by atoms with van der Waals surface area (Å²) in [5.41, 5.74) is 6.01. The number of rotatable bonds is 6. The van der Waals surface area contributed by atoms with Crippen LogP contribution in [0.4, 0.5) is 17.1 Å². The van der Waals surface area contributed by atoms with Crippen LogP contribution in [0.5, 0.6) is 0 Å². The van der Waals surface area contributed by atoms with Crippen molar-refractivity contribution in [3.05, 3.63) is 118 Å². The van der Waals surface area contributed by atoms with Crippen LogP contribution in [0.25, 0.3) is 0 Å². The number of hydrogen-bond donors (Lipinski definition) is 3. The molecule has 2 saturated carbocycles. The zero-order chi connectivity index (χ0) is 29.0. The summed E-state index contributed by atoms with van der Waals surface area (Å²) >= 11 is 6.05. The van der Waals surface area contributed by atoms with E-state index in [1.54, 1.807) is 30.3 Å². The number of benzene rings is 4. The number of carbonyl (C=O) groups is 1. The highest BCUT2D eigenvalue weighted by Crippen LogP contribution is 2.63. The van der Waals surface area contributed by atoms with Gasteiger partial charge in [0.1, 0.15) is 0 Å². The molecule has 5 atom stereocenters. The van der Waals surface area contributed by atoms with Gasteiger partial charge in [0.25, 0.3) is 15.9 Å². The van der Waals surface area contributed by atoms with Crippen molar-refractivity contribution in [3.63, 3.8) is 0 Å². The van der Waals surface area contributed by atoms with Gasteiger partial charge in [0.2, 0.25) is 0 Å². The third kappa shape index (κ3) is 4.84. The second-order valence-electron chi connectivity index (χ2n) is 11.8. The summed E-state index contributed by atoms with van der Waals surface area (Å²) in [5.74, 6) is 2.11. The molecule has 0 saturated heterocycles. The van der Waals surface area contributed by atoms with Gasteiger partial charge in [0.15, 0.2) is 0 Å². The number of anilines is 3. The molecule has 0 spiro atoms. The standard InChI is InChI=1S/C34H32ClN3O3S/c1-20-7-11-25(35)19-30(20)38-42(40,41)27-14-12-26(13-15-27)36-34(39)24-10-16-29-28(18-24)31-22-8-9-23(17-22)32(31)33(37-29)21-5-3-2-4-6-21/h2-7,10-16,18-19,22-23,31-33,37-38H,8-9,17H2,1H3,(H,36,39)/t22-,23-,31-,32+,33+/m0/s1. The Hall–Kier alpha value is -3.81.